The zero-order chi connectivity index (χ0) is 10.7. The Kier molecular flexibility index (Phi) is 4.45. The van der Waals surface area contributed by atoms with Gasteiger partial charge >= 0.3 is 0 Å². The summed E-state index contributed by atoms with van der Waals surface area (Å²) in [4.78, 5) is 0. The summed E-state index contributed by atoms with van der Waals surface area (Å²) < 4.78 is 5.44. The minimum absolute atomic E-state index is 0.466. The van der Waals surface area contributed by atoms with Gasteiger partial charge in [0, 0.05) is 18.5 Å². The Morgan fingerprint density at radius 3 is 2.21 bits per heavy atom. The third-order valence-corrected chi connectivity index (χ3v) is 4.43. The summed E-state index contributed by atoms with van der Waals surface area (Å²) in [5, 5.41) is 1.14. The van der Waals surface area contributed by atoms with E-state index in [0.717, 1.165) is 18.5 Å². The summed E-state index contributed by atoms with van der Waals surface area (Å²) >= 11 is 3.68. The molecule has 1 fully saturated rings. The van der Waals surface area contributed by atoms with Gasteiger partial charge in [0.2, 0.25) is 0 Å². The Morgan fingerprint density at radius 2 is 1.79 bits per heavy atom. The Hall–Kier alpha value is 0.440. The van der Waals surface area contributed by atoms with Crippen molar-refractivity contribution in [1.82, 2.24) is 0 Å². The molecule has 1 nitrogen and oxygen atoms in total. The van der Waals surface area contributed by atoms with Crippen LogP contribution in [-0.2, 0) is 4.74 Å². The predicted molar refractivity (Wildman–Crippen MR) is 65.0 cm³/mol. The quantitative estimate of drug-likeness (QED) is 0.699. The van der Waals surface area contributed by atoms with E-state index in [-0.39, 0.29) is 0 Å². The Balaban J connectivity index is 2.44. The van der Waals surface area contributed by atoms with Gasteiger partial charge in [-0.3, -0.25) is 0 Å². The van der Waals surface area contributed by atoms with Gasteiger partial charge < -0.3 is 4.74 Å². The second-order valence-corrected chi connectivity index (χ2v) is 6.37. The molecular weight excluding hydrogens is 240 g/mol. The highest BCUT2D eigenvalue weighted by Crippen LogP contribution is 2.40. The molecule has 0 saturated carbocycles. The van der Waals surface area contributed by atoms with Gasteiger partial charge in [-0.05, 0) is 36.5 Å². The van der Waals surface area contributed by atoms with Crippen LogP contribution in [0.4, 0.5) is 0 Å². The molecule has 14 heavy (non-hydrogen) atoms. The summed E-state index contributed by atoms with van der Waals surface area (Å²) in [7, 11) is 0. The Morgan fingerprint density at radius 1 is 1.21 bits per heavy atom. The van der Waals surface area contributed by atoms with Gasteiger partial charge in [0.05, 0.1) is 0 Å². The van der Waals surface area contributed by atoms with Crippen LogP contribution in [0.2, 0.25) is 0 Å². The zero-order valence-corrected chi connectivity index (χ0v) is 11.3. The summed E-state index contributed by atoms with van der Waals surface area (Å²) in [6.45, 7) is 8.89. The highest BCUT2D eigenvalue weighted by atomic mass is 79.9. The fraction of sp³-hybridized carbons (Fsp3) is 1.00. The van der Waals surface area contributed by atoms with Crippen molar-refractivity contribution < 1.29 is 4.74 Å². The van der Waals surface area contributed by atoms with Gasteiger partial charge in [0.25, 0.3) is 0 Å². The van der Waals surface area contributed by atoms with Crippen molar-refractivity contribution in [2.45, 2.75) is 46.5 Å². The zero-order valence-electron chi connectivity index (χ0n) is 9.74. The van der Waals surface area contributed by atoms with Crippen LogP contribution >= 0.6 is 15.9 Å². The molecule has 1 saturated heterocycles. The molecule has 2 heteroatoms. The van der Waals surface area contributed by atoms with E-state index in [1.54, 1.807) is 0 Å². The summed E-state index contributed by atoms with van der Waals surface area (Å²) in [6.07, 6.45) is 5.12. The molecule has 0 unspecified atom stereocenters. The van der Waals surface area contributed by atoms with Crippen LogP contribution in [0.3, 0.4) is 0 Å². The van der Waals surface area contributed by atoms with Gasteiger partial charge in [-0.2, -0.15) is 0 Å². The van der Waals surface area contributed by atoms with Crippen LogP contribution in [0, 0.1) is 10.8 Å². The lowest BCUT2D eigenvalue weighted by atomic mass is 9.74. The Labute approximate surface area is 96.7 Å². The molecule has 0 atom stereocenters. The largest absolute Gasteiger partial charge is 0.381 e. The van der Waals surface area contributed by atoms with Gasteiger partial charge in [-0.1, -0.05) is 36.7 Å². The first-order chi connectivity index (χ1) is 6.47. The van der Waals surface area contributed by atoms with Crippen molar-refractivity contribution >= 4 is 15.9 Å². The molecule has 0 amide bonds. The molecule has 0 radical (unpaired) electrons. The van der Waals surface area contributed by atoms with E-state index in [0.29, 0.717) is 10.8 Å². The first kappa shape index (κ1) is 12.5. The smallest absolute Gasteiger partial charge is 0.0471 e. The van der Waals surface area contributed by atoms with Gasteiger partial charge in [0.1, 0.15) is 0 Å². The van der Waals surface area contributed by atoms with Crippen LogP contribution in [-0.4, -0.2) is 18.5 Å². The average molecular weight is 263 g/mol. The Bertz CT molecular complexity index is 166. The van der Waals surface area contributed by atoms with Crippen LogP contribution in [0.15, 0.2) is 0 Å². The molecule has 1 aliphatic rings. The molecule has 0 aromatic rings. The van der Waals surface area contributed by atoms with Crippen LogP contribution in [0.25, 0.3) is 0 Å². The SMILES string of the molecule is CC(C)(C)CCC1(CBr)CCOCC1. The number of ether oxygens (including phenoxy) is 1. The summed E-state index contributed by atoms with van der Waals surface area (Å²) in [6, 6.07) is 0. The molecule has 1 rings (SSSR count). The highest BCUT2D eigenvalue weighted by Gasteiger charge is 2.32. The monoisotopic (exact) mass is 262 g/mol. The fourth-order valence-electron chi connectivity index (χ4n) is 1.90. The van der Waals surface area contributed by atoms with Crippen LogP contribution < -0.4 is 0 Å². The van der Waals surface area contributed by atoms with Crippen molar-refractivity contribution in [3.63, 3.8) is 0 Å². The van der Waals surface area contributed by atoms with Crippen molar-refractivity contribution in [2.24, 2.45) is 10.8 Å². The number of hydrogen-bond acceptors (Lipinski definition) is 1. The van der Waals surface area contributed by atoms with Crippen molar-refractivity contribution in [3.05, 3.63) is 0 Å². The fourth-order valence-corrected chi connectivity index (χ4v) is 2.74. The van der Waals surface area contributed by atoms with Crippen molar-refractivity contribution in [2.75, 3.05) is 18.5 Å². The maximum atomic E-state index is 5.44. The van der Waals surface area contributed by atoms with Gasteiger partial charge in [-0.15, -0.1) is 0 Å². The normalized spacial score (nSPS) is 22.3. The first-order valence-electron chi connectivity index (χ1n) is 5.61. The highest BCUT2D eigenvalue weighted by molar-refractivity contribution is 9.09. The summed E-state index contributed by atoms with van der Waals surface area (Å²) in [5.41, 5.74) is 0.985. The van der Waals surface area contributed by atoms with Gasteiger partial charge in [0.15, 0.2) is 0 Å². The minimum atomic E-state index is 0.466. The minimum Gasteiger partial charge on any atom is -0.381 e. The van der Waals surface area contributed by atoms with E-state index >= 15 is 0 Å². The molecule has 0 aromatic carbocycles. The second-order valence-electron chi connectivity index (χ2n) is 5.81. The van der Waals surface area contributed by atoms with E-state index in [9.17, 15) is 0 Å². The number of hydrogen-bond donors (Lipinski definition) is 0. The molecule has 1 heterocycles. The average Bonchev–Trinajstić information content (AvgIpc) is 2.15. The van der Waals surface area contributed by atoms with Crippen molar-refractivity contribution in [1.29, 1.82) is 0 Å². The van der Waals surface area contributed by atoms with Crippen LogP contribution in [0.5, 0.6) is 0 Å². The third-order valence-electron chi connectivity index (χ3n) is 3.24. The molecule has 0 spiro atoms. The number of alkyl halides is 1. The molecule has 0 bridgehead atoms. The maximum Gasteiger partial charge on any atom is 0.0471 e. The molecule has 1 aliphatic heterocycles. The molecule has 0 aliphatic carbocycles. The van der Waals surface area contributed by atoms with E-state index in [1.807, 2.05) is 0 Å². The lowest BCUT2D eigenvalue weighted by Gasteiger charge is -2.37. The predicted octanol–water partition coefficient (Wildman–Crippen LogP) is 4.00. The van der Waals surface area contributed by atoms with E-state index < -0.39 is 0 Å². The standard InChI is InChI=1S/C12H23BrO/c1-11(2,3)4-5-12(10-13)6-8-14-9-7-12/h4-10H2,1-3H3. The van der Waals surface area contributed by atoms with E-state index in [2.05, 4.69) is 36.7 Å². The number of rotatable bonds is 3. The lowest BCUT2D eigenvalue weighted by molar-refractivity contribution is 0.0177. The van der Waals surface area contributed by atoms with Gasteiger partial charge in [-0.25, -0.2) is 0 Å². The van der Waals surface area contributed by atoms with Crippen molar-refractivity contribution in [3.8, 4) is 0 Å². The van der Waals surface area contributed by atoms with E-state index in [4.69, 9.17) is 4.74 Å². The molecular formula is C12H23BrO. The topological polar surface area (TPSA) is 9.23 Å². The molecule has 0 aromatic heterocycles. The molecule has 84 valence electrons. The number of halogens is 1. The lowest BCUT2D eigenvalue weighted by Crippen LogP contribution is -2.32. The molecule has 0 N–H and O–H groups in total. The van der Waals surface area contributed by atoms with E-state index in [1.165, 1.54) is 25.7 Å². The third kappa shape index (κ3) is 3.90. The van der Waals surface area contributed by atoms with Crippen LogP contribution in [0.1, 0.15) is 46.5 Å². The summed E-state index contributed by atoms with van der Waals surface area (Å²) in [5.74, 6) is 0. The second kappa shape index (κ2) is 4.98. The first-order valence-corrected chi connectivity index (χ1v) is 6.73. The maximum absolute atomic E-state index is 5.44.